The maximum atomic E-state index is 12.6. The molecule has 10 heteroatoms. The predicted octanol–water partition coefficient (Wildman–Crippen LogP) is 1.49. The lowest BCUT2D eigenvalue weighted by molar-refractivity contribution is -0.121. The van der Waals surface area contributed by atoms with Gasteiger partial charge in [-0.2, -0.15) is 5.10 Å². The van der Waals surface area contributed by atoms with Crippen LogP contribution in [0.4, 0.5) is 5.69 Å². The van der Waals surface area contributed by atoms with E-state index in [4.69, 9.17) is 10.8 Å². The van der Waals surface area contributed by atoms with Gasteiger partial charge < -0.3 is 10.8 Å². The summed E-state index contributed by atoms with van der Waals surface area (Å²) < 4.78 is 0. The SMILES string of the molecule is NC(=NN=Cc1ccccn1)SC1CC(=O)N(c2ccc(C(=O)O)cc2)C1=O. The van der Waals surface area contributed by atoms with Crippen LogP contribution in [0, 0.1) is 0 Å². The summed E-state index contributed by atoms with van der Waals surface area (Å²) in [5.74, 6) is -1.92. The van der Waals surface area contributed by atoms with E-state index in [-0.39, 0.29) is 17.2 Å². The van der Waals surface area contributed by atoms with Crippen LogP contribution in [0.5, 0.6) is 0 Å². The van der Waals surface area contributed by atoms with Crippen molar-refractivity contribution in [3.05, 3.63) is 59.9 Å². The molecule has 1 fully saturated rings. The Hall–Kier alpha value is -3.53. The molecule has 3 rings (SSSR count). The van der Waals surface area contributed by atoms with Crippen molar-refractivity contribution >= 4 is 46.6 Å². The number of hydrogen-bond donors (Lipinski definition) is 2. The van der Waals surface area contributed by atoms with E-state index in [1.807, 2.05) is 0 Å². The molecule has 0 saturated carbocycles. The lowest BCUT2D eigenvalue weighted by Gasteiger charge is -2.14. The van der Waals surface area contributed by atoms with Gasteiger partial charge in [0, 0.05) is 12.6 Å². The van der Waals surface area contributed by atoms with Gasteiger partial charge >= 0.3 is 5.97 Å². The van der Waals surface area contributed by atoms with Crippen molar-refractivity contribution in [1.82, 2.24) is 4.98 Å². The fourth-order valence-electron chi connectivity index (χ4n) is 2.49. The molecule has 3 N–H and O–H groups in total. The van der Waals surface area contributed by atoms with Gasteiger partial charge in [0.15, 0.2) is 5.17 Å². The Bertz CT molecular complexity index is 960. The molecule has 1 unspecified atom stereocenters. The van der Waals surface area contributed by atoms with Crippen molar-refractivity contribution in [2.75, 3.05) is 4.90 Å². The first-order valence-corrected chi connectivity index (χ1v) is 8.98. The predicted molar refractivity (Wildman–Crippen MR) is 105 cm³/mol. The number of nitrogens with two attached hydrogens (primary N) is 1. The fraction of sp³-hybridized carbons (Fsp3) is 0.111. The Morgan fingerprint density at radius 2 is 2.00 bits per heavy atom. The lowest BCUT2D eigenvalue weighted by Crippen LogP contribution is -2.31. The summed E-state index contributed by atoms with van der Waals surface area (Å²) >= 11 is 0.948. The van der Waals surface area contributed by atoms with Crippen molar-refractivity contribution in [2.24, 2.45) is 15.9 Å². The molecule has 0 aliphatic carbocycles. The molecule has 1 saturated heterocycles. The van der Waals surface area contributed by atoms with E-state index in [2.05, 4.69) is 15.2 Å². The summed E-state index contributed by atoms with van der Waals surface area (Å²) in [5, 5.41) is 15.9. The number of amidine groups is 1. The van der Waals surface area contributed by atoms with Crippen molar-refractivity contribution in [3.8, 4) is 0 Å². The summed E-state index contributed by atoms with van der Waals surface area (Å²) in [6, 6.07) is 10.8. The van der Waals surface area contributed by atoms with E-state index in [1.54, 1.807) is 24.4 Å². The van der Waals surface area contributed by atoms with Crippen molar-refractivity contribution in [3.63, 3.8) is 0 Å². The molecule has 2 heterocycles. The van der Waals surface area contributed by atoms with Crippen LogP contribution in [0.3, 0.4) is 0 Å². The molecule has 1 aliphatic heterocycles. The number of thioether (sulfide) groups is 1. The largest absolute Gasteiger partial charge is 0.478 e. The number of aromatic carboxylic acids is 1. The number of hydrogen-bond acceptors (Lipinski definition) is 7. The van der Waals surface area contributed by atoms with Crippen molar-refractivity contribution in [2.45, 2.75) is 11.7 Å². The highest BCUT2D eigenvalue weighted by molar-refractivity contribution is 8.14. The minimum atomic E-state index is -1.09. The van der Waals surface area contributed by atoms with Gasteiger partial charge in [-0.1, -0.05) is 17.8 Å². The van der Waals surface area contributed by atoms with Crippen LogP contribution >= 0.6 is 11.8 Å². The lowest BCUT2D eigenvalue weighted by atomic mass is 10.2. The number of pyridine rings is 1. The maximum absolute atomic E-state index is 12.6. The van der Waals surface area contributed by atoms with E-state index in [0.717, 1.165) is 16.7 Å². The molecule has 28 heavy (non-hydrogen) atoms. The van der Waals surface area contributed by atoms with Crippen molar-refractivity contribution < 1.29 is 19.5 Å². The Morgan fingerprint density at radius 1 is 1.25 bits per heavy atom. The topological polar surface area (TPSA) is 138 Å². The number of imide groups is 1. The van der Waals surface area contributed by atoms with Gasteiger partial charge in [0.2, 0.25) is 11.8 Å². The van der Waals surface area contributed by atoms with E-state index >= 15 is 0 Å². The zero-order valence-electron chi connectivity index (χ0n) is 14.4. The third-order valence-corrected chi connectivity index (χ3v) is 4.75. The summed E-state index contributed by atoms with van der Waals surface area (Å²) in [6.45, 7) is 0. The number of carbonyl (C=O) groups is 3. The van der Waals surface area contributed by atoms with Gasteiger partial charge in [-0.3, -0.25) is 14.6 Å². The summed E-state index contributed by atoms with van der Waals surface area (Å²) in [6.07, 6.45) is 3.00. The van der Waals surface area contributed by atoms with Crippen LogP contribution in [0.25, 0.3) is 0 Å². The molecule has 9 nitrogen and oxygen atoms in total. The van der Waals surface area contributed by atoms with E-state index < -0.39 is 23.0 Å². The Labute approximate surface area is 164 Å². The highest BCUT2D eigenvalue weighted by Gasteiger charge is 2.40. The molecule has 142 valence electrons. The number of aromatic nitrogens is 1. The van der Waals surface area contributed by atoms with E-state index in [1.165, 1.54) is 30.5 Å². The molecular weight excluding hydrogens is 382 g/mol. The molecule has 1 aromatic heterocycles. The van der Waals surface area contributed by atoms with Crippen LogP contribution in [0.2, 0.25) is 0 Å². The van der Waals surface area contributed by atoms with E-state index in [0.29, 0.717) is 11.4 Å². The minimum absolute atomic E-state index is 0.0373. The zero-order valence-corrected chi connectivity index (χ0v) is 15.2. The molecule has 0 bridgehead atoms. The monoisotopic (exact) mass is 397 g/mol. The van der Waals surface area contributed by atoms with Crippen LogP contribution < -0.4 is 10.6 Å². The maximum Gasteiger partial charge on any atom is 0.335 e. The highest BCUT2D eigenvalue weighted by atomic mass is 32.2. The van der Waals surface area contributed by atoms with Gasteiger partial charge in [0.25, 0.3) is 0 Å². The number of carbonyl (C=O) groups excluding carboxylic acids is 2. The Kier molecular flexibility index (Phi) is 5.80. The average molecular weight is 397 g/mol. The third kappa shape index (κ3) is 4.41. The number of rotatable bonds is 5. The number of anilines is 1. The highest BCUT2D eigenvalue weighted by Crippen LogP contribution is 2.29. The molecule has 0 radical (unpaired) electrons. The number of carboxylic acid groups (broad SMARTS) is 1. The molecule has 0 spiro atoms. The van der Waals surface area contributed by atoms with Gasteiger partial charge in [0.05, 0.1) is 23.2 Å². The number of benzene rings is 1. The van der Waals surface area contributed by atoms with Crippen LogP contribution in [-0.4, -0.2) is 44.5 Å². The summed E-state index contributed by atoms with van der Waals surface area (Å²) in [7, 11) is 0. The Balaban J connectivity index is 1.66. The van der Waals surface area contributed by atoms with Crippen molar-refractivity contribution in [1.29, 1.82) is 0 Å². The second-order valence-electron chi connectivity index (χ2n) is 5.67. The quantitative estimate of drug-likeness (QED) is 0.337. The first-order chi connectivity index (χ1) is 13.5. The van der Waals surface area contributed by atoms with Gasteiger partial charge in [-0.25, -0.2) is 9.69 Å². The molecular formula is C18H15N5O4S. The third-order valence-electron chi connectivity index (χ3n) is 3.77. The summed E-state index contributed by atoms with van der Waals surface area (Å²) in [5.41, 5.74) is 6.78. The van der Waals surface area contributed by atoms with Gasteiger partial charge in [-0.05, 0) is 36.4 Å². The number of carboxylic acids is 1. The smallest absolute Gasteiger partial charge is 0.335 e. The second kappa shape index (κ2) is 8.44. The number of amides is 2. The Morgan fingerprint density at radius 3 is 2.64 bits per heavy atom. The standard InChI is InChI=1S/C18H15N5O4S/c19-18(22-21-10-12-3-1-2-8-20-12)28-14-9-15(24)23(16(14)25)13-6-4-11(5-7-13)17(26)27/h1-8,10,14H,9H2,(H2,19,22)(H,26,27). The molecule has 1 aromatic carbocycles. The second-order valence-corrected chi connectivity index (χ2v) is 6.89. The molecule has 1 atom stereocenters. The zero-order chi connectivity index (χ0) is 20.1. The first kappa shape index (κ1) is 19.2. The van der Waals surface area contributed by atoms with Crippen LogP contribution in [0.15, 0.2) is 58.9 Å². The first-order valence-electron chi connectivity index (χ1n) is 8.10. The number of nitrogens with zero attached hydrogens (tertiary/aromatic N) is 4. The van der Waals surface area contributed by atoms with Gasteiger partial charge in [0.1, 0.15) is 5.25 Å². The average Bonchev–Trinajstić information content (AvgIpc) is 2.96. The molecule has 2 aromatic rings. The molecule has 1 aliphatic rings. The normalized spacial score (nSPS) is 17.5. The fourth-order valence-corrected chi connectivity index (χ4v) is 3.30. The van der Waals surface area contributed by atoms with Crippen LogP contribution in [-0.2, 0) is 9.59 Å². The summed E-state index contributed by atoms with van der Waals surface area (Å²) in [4.78, 5) is 40.8. The minimum Gasteiger partial charge on any atom is -0.478 e. The van der Waals surface area contributed by atoms with Crippen LogP contribution in [0.1, 0.15) is 22.5 Å². The molecule has 2 amide bonds. The van der Waals surface area contributed by atoms with E-state index in [9.17, 15) is 14.4 Å². The van der Waals surface area contributed by atoms with Gasteiger partial charge in [-0.15, -0.1) is 5.10 Å².